The first-order chi connectivity index (χ1) is 12.6. The summed E-state index contributed by atoms with van der Waals surface area (Å²) in [6.45, 7) is 6.12. The van der Waals surface area contributed by atoms with E-state index in [4.69, 9.17) is 0 Å². The Morgan fingerprint density at radius 1 is 1.04 bits per heavy atom. The Labute approximate surface area is 168 Å². The van der Waals surface area contributed by atoms with Gasteiger partial charge < -0.3 is 10.1 Å². The van der Waals surface area contributed by atoms with Gasteiger partial charge in [-0.3, -0.25) is 0 Å². The molecule has 0 radical (unpaired) electrons. The largest absolute Gasteiger partial charge is 0.465 e. The number of halogens is 1. The van der Waals surface area contributed by atoms with Crippen LogP contribution in [0.1, 0.15) is 26.3 Å². The van der Waals surface area contributed by atoms with Gasteiger partial charge in [0.25, 0.3) is 0 Å². The molecule has 0 spiro atoms. The van der Waals surface area contributed by atoms with Crippen molar-refractivity contribution in [1.29, 1.82) is 0 Å². The van der Waals surface area contributed by atoms with Crippen molar-refractivity contribution in [2.45, 2.75) is 31.1 Å². The van der Waals surface area contributed by atoms with Crippen molar-refractivity contribution in [2.24, 2.45) is 0 Å². The zero-order valence-electron chi connectivity index (χ0n) is 15.6. The van der Waals surface area contributed by atoms with Crippen molar-refractivity contribution in [3.05, 3.63) is 69.7 Å². The molecule has 144 valence electrons. The molecule has 2 aromatic carbocycles. The molecule has 0 aromatic heterocycles. The molecule has 1 N–H and O–H groups in total. The molecule has 0 heterocycles. The van der Waals surface area contributed by atoms with E-state index in [9.17, 15) is 13.2 Å². The Balaban J connectivity index is 2.40. The van der Waals surface area contributed by atoms with Crippen LogP contribution in [-0.2, 0) is 24.8 Å². The first-order valence-electron chi connectivity index (χ1n) is 8.22. The molecule has 0 bridgehead atoms. The van der Waals surface area contributed by atoms with E-state index in [0.29, 0.717) is 5.69 Å². The van der Waals surface area contributed by atoms with Crippen LogP contribution in [0.3, 0.4) is 0 Å². The minimum absolute atomic E-state index is 0.0322. The third-order valence-electron chi connectivity index (χ3n) is 3.92. The molecule has 0 unspecified atom stereocenters. The van der Waals surface area contributed by atoms with Crippen LogP contribution in [0.5, 0.6) is 0 Å². The number of sulfone groups is 1. The van der Waals surface area contributed by atoms with Crippen LogP contribution in [0.15, 0.2) is 69.0 Å². The van der Waals surface area contributed by atoms with Gasteiger partial charge in [0.15, 0.2) is 4.91 Å². The summed E-state index contributed by atoms with van der Waals surface area (Å²) in [5.41, 5.74) is 1.53. The average molecular weight is 452 g/mol. The van der Waals surface area contributed by atoms with Crippen LogP contribution < -0.4 is 5.32 Å². The van der Waals surface area contributed by atoms with Gasteiger partial charge in [0.2, 0.25) is 9.84 Å². The number of methoxy groups -OCH3 is 1. The van der Waals surface area contributed by atoms with Gasteiger partial charge in [-0.05, 0) is 47.4 Å². The zero-order valence-corrected chi connectivity index (χ0v) is 18.0. The van der Waals surface area contributed by atoms with E-state index in [1.54, 1.807) is 36.4 Å². The SMILES string of the molecule is COC(=O)C(=CNc1ccc(Br)cc1)S(=O)(=O)c1ccc(C(C)(C)C)cc1. The fourth-order valence-electron chi connectivity index (χ4n) is 2.30. The number of esters is 1. The molecule has 0 saturated heterocycles. The molecule has 0 atom stereocenters. The third-order valence-corrected chi connectivity index (χ3v) is 6.21. The molecule has 0 aliphatic heterocycles. The summed E-state index contributed by atoms with van der Waals surface area (Å²) >= 11 is 3.33. The summed E-state index contributed by atoms with van der Waals surface area (Å²) in [6.07, 6.45) is 1.15. The molecule has 2 rings (SSSR count). The van der Waals surface area contributed by atoms with Crippen LogP contribution in [-0.4, -0.2) is 21.5 Å². The first kappa shape index (κ1) is 21.2. The number of anilines is 1. The Hall–Kier alpha value is -2.12. The molecule has 7 heteroatoms. The molecule has 0 amide bonds. The zero-order chi connectivity index (χ0) is 20.2. The lowest BCUT2D eigenvalue weighted by Gasteiger charge is -2.19. The van der Waals surface area contributed by atoms with Gasteiger partial charge in [0.1, 0.15) is 0 Å². The summed E-state index contributed by atoms with van der Waals surface area (Å²) in [7, 11) is -2.89. The molecular formula is C20H22BrNO4S. The molecule has 5 nitrogen and oxygen atoms in total. The number of hydrogen-bond acceptors (Lipinski definition) is 5. The number of ether oxygens (including phenoxy) is 1. The molecule has 0 fully saturated rings. The molecular weight excluding hydrogens is 430 g/mol. The van der Waals surface area contributed by atoms with Gasteiger partial charge in [-0.25, -0.2) is 13.2 Å². The number of rotatable bonds is 5. The maximum Gasteiger partial charge on any atom is 0.351 e. The molecule has 0 aliphatic rings. The molecule has 2 aromatic rings. The number of carbonyl (C=O) groups excluding carboxylic acids is 1. The van der Waals surface area contributed by atoms with Crippen LogP contribution in [0.2, 0.25) is 0 Å². The highest BCUT2D eigenvalue weighted by Crippen LogP contribution is 2.26. The monoisotopic (exact) mass is 451 g/mol. The van der Waals surface area contributed by atoms with Crippen molar-refractivity contribution in [3.8, 4) is 0 Å². The molecule has 27 heavy (non-hydrogen) atoms. The predicted octanol–water partition coefficient (Wildman–Crippen LogP) is 4.65. The topological polar surface area (TPSA) is 72.5 Å². The van der Waals surface area contributed by atoms with Crippen molar-refractivity contribution in [2.75, 3.05) is 12.4 Å². The number of carbonyl (C=O) groups is 1. The van der Waals surface area contributed by atoms with E-state index in [1.165, 1.54) is 12.1 Å². The Morgan fingerprint density at radius 2 is 1.59 bits per heavy atom. The van der Waals surface area contributed by atoms with Crippen LogP contribution in [0, 0.1) is 0 Å². The van der Waals surface area contributed by atoms with E-state index < -0.39 is 20.7 Å². The number of nitrogens with one attached hydrogen (secondary N) is 1. The van der Waals surface area contributed by atoms with E-state index in [0.717, 1.165) is 23.3 Å². The van der Waals surface area contributed by atoms with Gasteiger partial charge in [0, 0.05) is 16.4 Å². The normalized spacial score (nSPS) is 12.6. The fraction of sp³-hybridized carbons (Fsp3) is 0.250. The van der Waals surface area contributed by atoms with E-state index in [1.807, 2.05) is 20.8 Å². The van der Waals surface area contributed by atoms with E-state index in [2.05, 4.69) is 26.0 Å². The van der Waals surface area contributed by atoms with Crippen LogP contribution in [0.4, 0.5) is 5.69 Å². The molecule has 0 aliphatic carbocycles. The van der Waals surface area contributed by atoms with Gasteiger partial charge in [-0.15, -0.1) is 0 Å². The van der Waals surface area contributed by atoms with Crippen molar-refractivity contribution >= 4 is 37.4 Å². The summed E-state index contributed by atoms with van der Waals surface area (Å²) < 4.78 is 31.5. The third kappa shape index (κ3) is 5.20. The number of hydrogen-bond donors (Lipinski definition) is 1. The second-order valence-corrected chi connectivity index (χ2v) is 9.76. The highest BCUT2D eigenvalue weighted by molar-refractivity contribution is 9.10. The summed E-state index contributed by atoms with van der Waals surface area (Å²) in [5.74, 6) is -0.931. The molecule has 0 saturated carbocycles. The predicted molar refractivity (Wildman–Crippen MR) is 110 cm³/mol. The standard InChI is InChI=1S/C20H22BrNO4S/c1-20(2,3)14-5-11-17(12-6-14)27(24,25)18(19(23)26-4)13-22-16-9-7-15(21)8-10-16/h5-13,22H,1-4H3. The summed E-state index contributed by atoms with van der Waals surface area (Å²) in [6, 6.07) is 13.6. The van der Waals surface area contributed by atoms with Crippen LogP contribution >= 0.6 is 15.9 Å². The maximum atomic E-state index is 13.0. The Kier molecular flexibility index (Phi) is 6.49. The Morgan fingerprint density at radius 3 is 2.07 bits per heavy atom. The second-order valence-electron chi connectivity index (χ2n) is 6.93. The quantitative estimate of drug-likeness (QED) is 0.528. The fourth-order valence-corrected chi connectivity index (χ4v) is 3.83. The van der Waals surface area contributed by atoms with Crippen LogP contribution in [0.25, 0.3) is 0 Å². The minimum Gasteiger partial charge on any atom is -0.465 e. The highest BCUT2D eigenvalue weighted by atomic mass is 79.9. The smallest absolute Gasteiger partial charge is 0.351 e. The minimum atomic E-state index is -4.04. The summed E-state index contributed by atoms with van der Waals surface area (Å²) in [4.78, 5) is 11.7. The summed E-state index contributed by atoms with van der Waals surface area (Å²) in [5, 5.41) is 2.84. The number of benzene rings is 2. The average Bonchev–Trinajstić information content (AvgIpc) is 2.62. The van der Waals surface area contributed by atoms with E-state index >= 15 is 0 Å². The van der Waals surface area contributed by atoms with Gasteiger partial charge in [-0.2, -0.15) is 0 Å². The maximum absolute atomic E-state index is 13.0. The van der Waals surface area contributed by atoms with E-state index in [-0.39, 0.29) is 10.3 Å². The van der Waals surface area contributed by atoms with Gasteiger partial charge >= 0.3 is 5.97 Å². The van der Waals surface area contributed by atoms with Crippen molar-refractivity contribution in [3.63, 3.8) is 0 Å². The van der Waals surface area contributed by atoms with Gasteiger partial charge in [-0.1, -0.05) is 48.8 Å². The van der Waals surface area contributed by atoms with Crippen molar-refractivity contribution in [1.82, 2.24) is 0 Å². The second kappa shape index (κ2) is 8.27. The van der Waals surface area contributed by atoms with Crippen molar-refractivity contribution < 1.29 is 17.9 Å². The highest BCUT2D eigenvalue weighted by Gasteiger charge is 2.28. The Bertz CT molecular complexity index is 941. The lowest BCUT2D eigenvalue weighted by atomic mass is 9.87. The lowest BCUT2D eigenvalue weighted by molar-refractivity contribution is -0.135. The lowest BCUT2D eigenvalue weighted by Crippen LogP contribution is -2.17. The first-order valence-corrected chi connectivity index (χ1v) is 10.5. The van der Waals surface area contributed by atoms with Gasteiger partial charge in [0.05, 0.1) is 12.0 Å².